The van der Waals surface area contributed by atoms with Crippen molar-refractivity contribution >= 4 is 8.32 Å². The minimum atomic E-state index is -2.40. The fourth-order valence-corrected chi connectivity index (χ4v) is 18.2. The van der Waals surface area contributed by atoms with Crippen LogP contribution in [0.3, 0.4) is 0 Å². The summed E-state index contributed by atoms with van der Waals surface area (Å²) < 4.78 is 69.5. The van der Waals surface area contributed by atoms with Gasteiger partial charge in [-0.1, -0.05) is 186 Å². The Morgan fingerprint density at radius 2 is 0.928 bits per heavy atom. The molecule has 1 aliphatic carbocycles. The molecule has 0 bridgehead atoms. The van der Waals surface area contributed by atoms with Gasteiger partial charge in [-0.15, -0.1) is 0 Å². The van der Waals surface area contributed by atoms with Gasteiger partial charge in [0.05, 0.1) is 87.7 Å². The van der Waals surface area contributed by atoms with Crippen molar-refractivity contribution in [3.05, 3.63) is 160 Å². The normalized spacial score (nSPS) is 32.6. The molecule has 448 valence electrons. The van der Waals surface area contributed by atoms with Crippen molar-refractivity contribution in [2.24, 2.45) is 43.3 Å². The molecule has 3 heterocycles. The molecule has 0 amide bonds. The Kier molecular flexibility index (Phi) is 24.3. The highest BCUT2D eigenvalue weighted by molar-refractivity contribution is 6.77. The van der Waals surface area contributed by atoms with E-state index in [4.69, 9.17) is 47.1 Å². The van der Waals surface area contributed by atoms with Crippen LogP contribution < -0.4 is 0 Å². The zero-order chi connectivity index (χ0) is 59.6. The van der Waals surface area contributed by atoms with Gasteiger partial charge in [-0.2, -0.15) is 0 Å². The summed E-state index contributed by atoms with van der Waals surface area (Å²) in [6, 6.07) is 24.4. The standard InChI is InChI=1S/C57H81N15O10Si/c1-11-44-52(81-56-48(67-72-62)49(38(10)45(78-56)28-63-68-58)73-29-39-21-15-12-16-22-39)54(75-31-41-25-19-14-20-26-41)57(77-44)82-53-50(74-30-40-23-17-13-18-24-40)42(64-69-59)27-43(65-70-60)51(53)80-55-47(66-71-61)37(9)36(8)46(79-55)32-76-83(33(2)3,34(4)5)35(6)7/h12-26,33-38,42-57H,11,27-32H2,1-10H3/t36-,37+,38-,42-,43?,44-,45+,46?,47?,48?,49?,50?,51+,52+,53-,54?,55+,56-,57+/m1/s1. The van der Waals surface area contributed by atoms with Crippen LogP contribution in [0.5, 0.6) is 0 Å². The second-order valence-electron chi connectivity index (χ2n) is 22.9. The average Bonchev–Trinajstić information content (AvgIpc) is 3.84. The molecule has 1 saturated carbocycles. The quantitative estimate of drug-likeness (QED) is 0.0286. The van der Waals surface area contributed by atoms with Gasteiger partial charge < -0.3 is 47.1 Å². The highest BCUT2D eigenvalue weighted by atomic mass is 28.4. The lowest BCUT2D eigenvalue weighted by atomic mass is 9.81. The molecular formula is C57H81N15O10Si. The fraction of sp³-hybridized carbons (Fsp3) is 0.684. The van der Waals surface area contributed by atoms with Gasteiger partial charge >= 0.3 is 0 Å². The Labute approximate surface area is 486 Å². The van der Waals surface area contributed by atoms with Crippen LogP contribution in [0.1, 0.15) is 98.8 Å². The highest BCUT2D eigenvalue weighted by Crippen LogP contribution is 2.45. The summed E-state index contributed by atoms with van der Waals surface area (Å²) in [7, 11) is -2.40. The Morgan fingerprint density at radius 3 is 1.43 bits per heavy atom. The molecule has 26 heteroatoms. The SMILES string of the molecule is CC[C@H]1O[C@@H](O[C@@H]2C(OCc3ccccc3)[C@H](N=[N+]=[N-])CC(N=[N+]=[N-])[C@@H]2O[C@@H]2OC(CO[Si](C(C)C)(C(C)C)C(C)C)[C@H](C)[C@H](C)C2N=[N+]=[N-])C(OCc2ccccc2)[C@H]1O[C@H]1O[C@@H](CN=[N+]=[N-])[C@@H](C)C(OCc2ccccc2)C1N=[N+]=[N-]. The molecule has 83 heavy (non-hydrogen) atoms. The predicted molar refractivity (Wildman–Crippen MR) is 311 cm³/mol. The van der Waals surface area contributed by atoms with E-state index in [-0.39, 0.29) is 51.2 Å². The predicted octanol–water partition coefficient (Wildman–Crippen LogP) is 14.0. The average molecular weight is 1160 g/mol. The van der Waals surface area contributed by atoms with Crippen LogP contribution in [0, 0.1) is 17.8 Å². The van der Waals surface area contributed by atoms with Crippen LogP contribution in [0.2, 0.25) is 16.6 Å². The maximum Gasteiger partial charge on any atom is 0.200 e. The molecule has 3 aliphatic heterocycles. The minimum absolute atomic E-state index is 0.0354. The third kappa shape index (κ3) is 15.7. The number of ether oxygens (including phenoxy) is 9. The van der Waals surface area contributed by atoms with E-state index in [0.717, 1.165) is 16.7 Å². The highest BCUT2D eigenvalue weighted by Gasteiger charge is 2.57. The van der Waals surface area contributed by atoms with Gasteiger partial charge in [0.2, 0.25) is 0 Å². The fourth-order valence-electron chi connectivity index (χ4n) is 12.7. The van der Waals surface area contributed by atoms with Gasteiger partial charge in [0.25, 0.3) is 0 Å². The van der Waals surface area contributed by atoms with Crippen molar-refractivity contribution in [1.29, 1.82) is 0 Å². The number of rotatable bonds is 28. The smallest absolute Gasteiger partial charge is 0.200 e. The van der Waals surface area contributed by atoms with Crippen LogP contribution >= 0.6 is 0 Å². The minimum Gasteiger partial charge on any atom is -0.413 e. The Bertz CT molecular complexity index is 2730. The third-order valence-electron chi connectivity index (χ3n) is 17.2. The first-order valence-electron chi connectivity index (χ1n) is 28.8. The topological polar surface area (TPSA) is 336 Å². The molecule has 7 unspecified atom stereocenters. The second kappa shape index (κ2) is 31.2. The molecular weight excluding hydrogens is 1080 g/mol. The molecule has 25 nitrogen and oxygen atoms in total. The summed E-state index contributed by atoms with van der Waals surface area (Å²) in [6.45, 7) is 21.6. The van der Waals surface area contributed by atoms with E-state index < -0.39 is 112 Å². The van der Waals surface area contributed by atoms with Crippen molar-refractivity contribution in [3.63, 3.8) is 0 Å². The molecule has 3 aromatic rings. The number of azide groups is 5. The van der Waals surface area contributed by atoms with Gasteiger partial charge in [-0.25, -0.2) is 0 Å². The van der Waals surface area contributed by atoms with Gasteiger partial charge in [0.1, 0.15) is 24.4 Å². The molecule has 0 radical (unpaired) electrons. The first kappa shape index (κ1) is 64.6. The van der Waals surface area contributed by atoms with E-state index in [0.29, 0.717) is 23.0 Å². The lowest BCUT2D eigenvalue weighted by molar-refractivity contribution is -0.305. The summed E-state index contributed by atoms with van der Waals surface area (Å²) in [4.78, 5) is 16.0. The summed E-state index contributed by atoms with van der Waals surface area (Å²) in [6.07, 6.45) is -12.1. The molecule has 3 aromatic carbocycles. The molecule has 0 aromatic heterocycles. The maximum atomic E-state index is 10.3. The van der Waals surface area contributed by atoms with Crippen LogP contribution in [0.15, 0.2) is 117 Å². The first-order chi connectivity index (χ1) is 40.1. The van der Waals surface area contributed by atoms with Crippen molar-refractivity contribution < 1.29 is 47.1 Å². The summed E-state index contributed by atoms with van der Waals surface area (Å²) in [5, 5.41) is 20.9. The molecule has 4 fully saturated rings. The number of hydrogen-bond acceptors (Lipinski definition) is 15. The molecule has 0 spiro atoms. The lowest BCUT2D eigenvalue weighted by Crippen LogP contribution is -2.62. The van der Waals surface area contributed by atoms with Gasteiger partial charge in [-0.05, 0) is 85.6 Å². The van der Waals surface area contributed by atoms with Crippen molar-refractivity contribution in [2.75, 3.05) is 13.2 Å². The number of nitrogens with zero attached hydrogens (tertiary/aromatic N) is 15. The van der Waals surface area contributed by atoms with E-state index in [9.17, 15) is 27.7 Å². The number of benzene rings is 3. The molecule has 19 atom stereocenters. The molecule has 3 saturated heterocycles. The van der Waals surface area contributed by atoms with Crippen molar-refractivity contribution in [2.45, 2.75) is 216 Å². The largest absolute Gasteiger partial charge is 0.413 e. The van der Waals surface area contributed by atoms with Gasteiger partial charge in [-0.3, -0.25) is 0 Å². The van der Waals surface area contributed by atoms with Crippen LogP contribution in [-0.2, 0) is 66.9 Å². The van der Waals surface area contributed by atoms with Crippen molar-refractivity contribution in [1.82, 2.24) is 0 Å². The van der Waals surface area contributed by atoms with E-state index in [1.54, 1.807) is 0 Å². The number of hydrogen-bond donors (Lipinski definition) is 0. The molecule has 0 N–H and O–H groups in total. The van der Waals surface area contributed by atoms with E-state index in [1.165, 1.54) is 0 Å². The Balaban J connectivity index is 1.31. The summed E-state index contributed by atoms with van der Waals surface area (Å²) in [5.74, 6) is -0.888. The van der Waals surface area contributed by atoms with Crippen LogP contribution in [0.25, 0.3) is 52.2 Å². The zero-order valence-electron chi connectivity index (χ0n) is 49.1. The van der Waals surface area contributed by atoms with Gasteiger partial charge in [0.15, 0.2) is 27.2 Å². The van der Waals surface area contributed by atoms with E-state index in [1.807, 2.05) is 119 Å². The summed E-state index contributed by atoms with van der Waals surface area (Å²) >= 11 is 0. The Morgan fingerprint density at radius 1 is 0.482 bits per heavy atom. The maximum absolute atomic E-state index is 10.3. The summed E-state index contributed by atoms with van der Waals surface area (Å²) in [5.41, 5.74) is 53.5. The van der Waals surface area contributed by atoms with Crippen molar-refractivity contribution in [3.8, 4) is 0 Å². The van der Waals surface area contributed by atoms with Crippen LogP contribution in [0.4, 0.5) is 0 Å². The van der Waals surface area contributed by atoms with E-state index >= 15 is 0 Å². The monoisotopic (exact) mass is 1160 g/mol. The second-order valence-corrected chi connectivity index (χ2v) is 28.4. The Hall–Kier alpha value is -5.97. The third-order valence-corrected chi connectivity index (χ3v) is 23.2. The van der Waals surface area contributed by atoms with Gasteiger partial charge in [0, 0.05) is 30.5 Å². The zero-order valence-corrected chi connectivity index (χ0v) is 50.1. The first-order valence-corrected chi connectivity index (χ1v) is 31.0. The van der Waals surface area contributed by atoms with Crippen LogP contribution in [-0.4, -0.2) is 119 Å². The lowest BCUT2D eigenvalue weighted by Gasteiger charge is -2.49. The molecule has 4 aliphatic rings. The molecule has 7 rings (SSSR count). The van der Waals surface area contributed by atoms with E-state index in [2.05, 4.69) is 91.7 Å².